The highest BCUT2D eigenvalue weighted by atomic mass is 16.1. The molecule has 0 unspecified atom stereocenters. The number of nitrogens with one attached hydrogen (secondary N) is 2. The van der Waals surface area contributed by atoms with Gasteiger partial charge in [-0.15, -0.1) is 0 Å². The zero-order valence-electron chi connectivity index (χ0n) is 21.7. The number of aromatic nitrogens is 5. The maximum absolute atomic E-state index is 12.9. The Morgan fingerprint density at radius 1 is 1.14 bits per heavy atom. The highest BCUT2D eigenvalue weighted by molar-refractivity contribution is 5.85. The smallest absolute Gasteiger partial charge is 0.227 e. The Kier molecular flexibility index (Phi) is 8.36. The highest BCUT2D eigenvalue weighted by Gasteiger charge is 2.20. The van der Waals surface area contributed by atoms with Crippen molar-refractivity contribution in [1.82, 2.24) is 30.3 Å². The predicted molar refractivity (Wildman–Crippen MR) is 144 cm³/mol. The number of nitrogens with zero attached hydrogens (tertiary/aromatic N) is 5. The number of carbonyl (C=O) groups excluding carboxylic acids is 1. The summed E-state index contributed by atoms with van der Waals surface area (Å²) in [6.07, 6.45) is 4.26. The van der Waals surface area contributed by atoms with Gasteiger partial charge in [-0.05, 0) is 56.9 Å². The van der Waals surface area contributed by atoms with Gasteiger partial charge < -0.3 is 10.2 Å². The fourth-order valence-corrected chi connectivity index (χ4v) is 4.71. The van der Waals surface area contributed by atoms with Crippen molar-refractivity contribution in [1.29, 1.82) is 0 Å². The topological polar surface area (TPSA) is 91.7 Å². The molecule has 0 saturated carbocycles. The number of fused-ring (bicyclic) bond motifs is 1. The Bertz CT molecular complexity index is 1250. The van der Waals surface area contributed by atoms with Crippen LogP contribution < -0.4 is 10.2 Å². The third-order valence-electron chi connectivity index (χ3n) is 6.37. The van der Waals surface area contributed by atoms with Gasteiger partial charge in [-0.25, -0.2) is 4.98 Å². The van der Waals surface area contributed by atoms with Crippen molar-refractivity contribution in [2.75, 3.05) is 18.0 Å². The predicted octanol–water partition coefficient (Wildman–Crippen LogP) is 4.48. The fraction of sp³-hybridized carbons (Fsp3) is 0.429. The molecule has 8 nitrogen and oxygen atoms in total. The maximum atomic E-state index is 12.9. The van der Waals surface area contributed by atoms with E-state index in [0.29, 0.717) is 12.4 Å². The van der Waals surface area contributed by atoms with Gasteiger partial charge in [0.25, 0.3) is 0 Å². The summed E-state index contributed by atoms with van der Waals surface area (Å²) < 4.78 is 2.13. The lowest BCUT2D eigenvalue weighted by atomic mass is 10.0. The third-order valence-corrected chi connectivity index (χ3v) is 6.37. The molecule has 0 radical (unpaired) electrons. The molecular weight excluding hydrogens is 450 g/mol. The highest BCUT2D eigenvalue weighted by Crippen LogP contribution is 2.28. The lowest BCUT2D eigenvalue weighted by Crippen LogP contribution is -2.46. The Morgan fingerprint density at radius 2 is 1.94 bits per heavy atom. The molecule has 190 valence electrons. The summed E-state index contributed by atoms with van der Waals surface area (Å²) in [7, 11) is 0. The molecule has 8 heteroatoms. The molecule has 0 bridgehead atoms. The van der Waals surface area contributed by atoms with Gasteiger partial charge in [0.1, 0.15) is 12.2 Å². The lowest BCUT2D eigenvalue weighted by molar-refractivity contribution is -0.121. The van der Waals surface area contributed by atoms with Crippen LogP contribution in [0.4, 0.5) is 5.69 Å². The van der Waals surface area contributed by atoms with Crippen LogP contribution in [-0.4, -0.2) is 50.0 Å². The van der Waals surface area contributed by atoms with Gasteiger partial charge in [0.05, 0.1) is 23.7 Å². The maximum Gasteiger partial charge on any atom is 0.227 e. The second-order valence-corrected chi connectivity index (χ2v) is 9.55. The molecule has 0 aliphatic rings. The average molecular weight is 488 g/mol. The molecule has 0 saturated heterocycles. The first-order valence-corrected chi connectivity index (χ1v) is 12.9. The molecule has 2 aromatic carbocycles. The first-order chi connectivity index (χ1) is 17.5. The molecule has 0 fully saturated rings. The van der Waals surface area contributed by atoms with Gasteiger partial charge in [0.15, 0.2) is 0 Å². The van der Waals surface area contributed by atoms with Crippen LogP contribution >= 0.6 is 0 Å². The number of H-pyrrole nitrogens is 1. The number of aryl methyl sites for hydroxylation is 1. The standard InChI is InChI=1S/C28H37N7O/c1-5-14-34(23-12-13-24-25(6-2)33-35(20(3)4)26(24)16-23)18-22(15-21-10-8-7-9-11-21)31-28(36)17-27-29-19-30-32-27/h7-13,16,19-20,22H,5-6,14-15,17-18H2,1-4H3,(H,31,36)(H,29,30,32)/t22-/m0/s1. The van der Waals surface area contributed by atoms with E-state index in [4.69, 9.17) is 5.10 Å². The number of anilines is 1. The fourth-order valence-electron chi connectivity index (χ4n) is 4.71. The summed E-state index contributed by atoms with van der Waals surface area (Å²) in [6, 6.07) is 17.2. The molecule has 0 aliphatic heterocycles. The van der Waals surface area contributed by atoms with Crippen LogP contribution in [-0.2, 0) is 24.1 Å². The summed E-state index contributed by atoms with van der Waals surface area (Å²) in [5.41, 5.74) is 4.64. The van der Waals surface area contributed by atoms with Crippen LogP contribution in [0.5, 0.6) is 0 Å². The molecule has 2 aromatic heterocycles. The van der Waals surface area contributed by atoms with Gasteiger partial charge in [-0.1, -0.05) is 44.2 Å². The van der Waals surface area contributed by atoms with E-state index in [2.05, 4.69) is 88.1 Å². The van der Waals surface area contributed by atoms with E-state index in [9.17, 15) is 4.79 Å². The van der Waals surface area contributed by atoms with Crippen LogP contribution in [0.2, 0.25) is 0 Å². The summed E-state index contributed by atoms with van der Waals surface area (Å²) in [5.74, 6) is 0.501. The molecular formula is C28H37N7O. The second kappa shape index (κ2) is 11.8. The lowest BCUT2D eigenvalue weighted by Gasteiger charge is -2.30. The minimum atomic E-state index is -0.0648. The van der Waals surface area contributed by atoms with Crippen LogP contribution in [0.1, 0.15) is 57.2 Å². The molecule has 0 aliphatic carbocycles. The van der Waals surface area contributed by atoms with Crippen molar-refractivity contribution in [2.45, 2.75) is 65.5 Å². The molecule has 1 amide bonds. The largest absolute Gasteiger partial charge is 0.369 e. The third kappa shape index (κ3) is 6.11. The van der Waals surface area contributed by atoms with Crippen LogP contribution in [0.3, 0.4) is 0 Å². The zero-order chi connectivity index (χ0) is 25.5. The molecule has 2 heterocycles. The summed E-state index contributed by atoms with van der Waals surface area (Å²) >= 11 is 0. The number of hydrogen-bond donors (Lipinski definition) is 2. The summed E-state index contributed by atoms with van der Waals surface area (Å²) in [6.45, 7) is 10.3. The van der Waals surface area contributed by atoms with Crippen molar-refractivity contribution >= 4 is 22.5 Å². The Hall–Kier alpha value is -3.68. The van der Waals surface area contributed by atoms with Crippen molar-refractivity contribution in [3.8, 4) is 0 Å². The molecule has 2 N–H and O–H groups in total. The monoisotopic (exact) mass is 487 g/mol. The molecule has 4 rings (SSSR count). The second-order valence-electron chi connectivity index (χ2n) is 9.55. The van der Waals surface area contributed by atoms with E-state index in [1.807, 2.05) is 18.2 Å². The Balaban J connectivity index is 1.61. The van der Waals surface area contributed by atoms with Crippen molar-refractivity contribution in [2.24, 2.45) is 0 Å². The number of amides is 1. The quantitative estimate of drug-likeness (QED) is 0.307. The van der Waals surface area contributed by atoms with Crippen molar-refractivity contribution in [3.63, 3.8) is 0 Å². The van der Waals surface area contributed by atoms with Crippen molar-refractivity contribution < 1.29 is 4.79 Å². The number of hydrogen-bond acceptors (Lipinski definition) is 5. The van der Waals surface area contributed by atoms with E-state index in [-0.39, 0.29) is 24.4 Å². The average Bonchev–Trinajstić information content (AvgIpc) is 3.51. The summed E-state index contributed by atoms with van der Waals surface area (Å²) in [4.78, 5) is 19.4. The number of carbonyl (C=O) groups is 1. The molecule has 0 spiro atoms. The molecule has 1 atom stereocenters. The Morgan fingerprint density at radius 3 is 2.61 bits per heavy atom. The molecule has 36 heavy (non-hydrogen) atoms. The van der Waals surface area contributed by atoms with Gasteiger partial charge in [0, 0.05) is 30.2 Å². The number of aromatic amines is 1. The minimum Gasteiger partial charge on any atom is -0.369 e. The van der Waals surface area contributed by atoms with Crippen LogP contribution in [0.15, 0.2) is 54.9 Å². The minimum absolute atomic E-state index is 0.0636. The van der Waals surface area contributed by atoms with E-state index in [1.165, 1.54) is 17.3 Å². The SMILES string of the molecule is CCCN(C[C@H](Cc1ccccc1)NC(=O)Cc1ncn[nH]1)c1ccc2c(CC)nn(C(C)C)c2c1. The van der Waals surface area contributed by atoms with Crippen LogP contribution in [0, 0.1) is 0 Å². The van der Waals surface area contributed by atoms with Gasteiger partial charge in [-0.3, -0.25) is 14.6 Å². The van der Waals surface area contributed by atoms with E-state index < -0.39 is 0 Å². The van der Waals surface area contributed by atoms with Crippen molar-refractivity contribution in [3.05, 3.63) is 71.9 Å². The zero-order valence-corrected chi connectivity index (χ0v) is 21.7. The van der Waals surface area contributed by atoms with E-state index >= 15 is 0 Å². The Labute approximate surface area is 213 Å². The van der Waals surface area contributed by atoms with E-state index in [0.717, 1.165) is 42.7 Å². The molecule has 4 aromatic rings. The number of benzene rings is 2. The van der Waals surface area contributed by atoms with Crippen LogP contribution in [0.25, 0.3) is 10.9 Å². The first-order valence-electron chi connectivity index (χ1n) is 12.9. The number of rotatable bonds is 12. The van der Waals surface area contributed by atoms with Gasteiger partial charge >= 0.3 is 0 Å². The van der Waals surface area contributed by atoms with Gasteiger partial charge in [0.2, 0.25) is 5.91 Å². The normalized spacial score (nSPS) is 12.2. The van der Waals surface area contributed by atoms with E-state index in [1.54, 1.807) is 0 Å². The van der Waals surface area contributed by atoms with Gasteiger partial charge in [-0.2, -0.15) is 10.2 Å². The summed E-state index contributed by atoms with van der Waals surface area (Å²) in [5, 5.41) is 16.0. The first kappa shape index (κ1) is 25.4.